The third-order valence-corrected chi connectivity index (χ3v) is 7.26. The maximum atomic E-state index is 2.31. The molecule has 0 atom stereocenters. The van der Waals surface area contributed by atoms with Crippen LogP contribution in [0.25, 0.3) is 65.7 Å². The normalized spacial score (nSPS) is 11.3. The highest BCUT2D eigenvalue weighted by molar-refractivity contribution is 6.27. The Balaban J connectivity index is 1.62. The van der Waals surface area contributed by atoms with Gasteiger partial charge in [-0.15, -0.1) is 0 Å². The van der Waals surface area contributed by atoms with Crippen molar-refractivity contribution in [3.63, 3.8) is 0 Å². The molecule has 0 fully saturated rings. The number of rotatable bonds is 3. The maximum absolute atomic E-state index is 2.31. The van der Waals surface area contributed by atoms with Crippen LogP contribution >= 0.6 is 0 Å². The van der Waals surface area contributed by atoms with Gasteiger partial charge in [-0.2, -0.15) is 0 Å². The first kappa shape index (κ1) is 20.7. The van der Waals surface area contributed by atoms with Crippen molar-refractivity contribution in [2.24, 2.45) is 0 Å². The predicted octanol–water partition coefficient (Wildman–Crippen LogP) is 10.1. The summed E-state index contributed by atoms with van der Waals surface area (Å²) in [6.45, 7) is 0. The van der Waals surface area contributed by atoms with E-state index in [9.17, 15) is 0 Å². The van der Waals surface area contributed by atoms with Gasteiger partial charge in [0.1, 0.15) is 0 Å². The molecule has 0 N–H and O–H groups in total. The third kappa shape index (κ3) is 3.31. The second-order valence-corrected chi connectivity index (χ2v) is 9.31. The highest BCUT2D eigenvalue weighted by Crippen LogP contribution is 2.46. The van der Waals surface area contributed by atoms with Gasteiger partial charge in [0.25, 0.3) is 0 Å². The molecule has 0 saturated heterocycles. The van der Waals surface area contributed by atoms with Crippen molar-refractivity contribution >= 4 is 32.3 Å². The molecule has 0 amide bonds. The summed E-state index contributed by atoms with van der Waals surface area (Å²) in [6, 6.07) is 52.7. The van der Waals surface area contributed by atoms with E-state index >= 15 is 0 Å². The van der Waals surface area contributed by atoms with Crippen molar-refractivity contribution in [1.82, 2.24) is 0 Å². The van der Waals surface area contributed by atoms with Gasteiger partial charge in [0, 0.05) is 0 Å². The Morgan fingerprint density at radius 1 is 0.250 bits per heavy atom. The average molecular weight is 457 g/mol. The lowest BCUT2D eigenvalue weighted by Gasteiger charge is -2.19. The summed E-state index contributed by atoms with van der Waals surface area (Å²) in [5.41, 5.74) is 7.57. The lowest BCUT2D eigenvalue weighted by atomic mass is 9.84. The van der Waals surface area contributed by atoms with Gasteiger partial charge in [-0.05, 0) is 65.7 Å². The Hall–Kier alpha value is -4.68. The van der Waals surface area contributed by atoms with Gasteiger partial charge < -0.3 is 0 Å². The van der Waals surface area contributed by atoms with Crippen molar-refractivity contribution in [3.8, 4) is 33.4 Å². The van der Waals surface area contributed by atoms with Crippen LogP contribution < -0.4 is 0 Å². The summed E-state index contributed by atoms with van der Waals surface area (Å²) in [6.07, 6.45) is 0. The second kappa shape index (κ2) is 8.52. The first-order chi connectivity index (χ1) is 17.9. The van der Waals surface area contributed by atoms with Gasteiger partial charge in [-0.1, -0.05) is 146 Å². The molecular weight excluding hydrogens is 432 g/mol. The summed E-state index contributed by atoms with van der Waals surface area (Å²) >= 11 is 0. The van der Waals surface area contributed by atoms with Gasteiger partial charge >= 0.3 is 0 Å². The monoisotopic (exact) mass is 456 g/mol. The van der Waals surface area contributed by atoms with Crippen molar-refractivity contribution in [2.75, 3.05) is 0 Å². The second-order valence-electron chi connectivity index (χ2n) is 9.31. The summed E-state index contributed by atoms with van der Waals surface area (Å²) in [5.74, 6) is 0. The van der Waals surface area contributed by atoms with Crippen LogP contribution in [-0.2, 0) is 0 Å². The summed E-state index contributed by atoms with van der Waals surface area (Å²) < 4.78 is 0. The van der Waals surface area contributed by atoms with Crippen LogP contribution in [0.15, 0.2) is 146 Å². The van der Waals surface area contributed by atoms with Crippen LogP contribution in [0.1, 0.15) is 0 Å². The van der Waals surface area contributed by atoms with E-state index in [0.29, 0.717) is 0 Å². The molecule has 0 saturated carbocycles. The van der Waals surface area contributed by atoms with Gasteiger partial charge in [0.15, 0.2) is 0 Å². The van der Waals surface area contributed by atoms with Gasteiger partial charge in [-0.3, -0.25) is 0 Å². The molecule has 168 valence electrons. The Labute approximate surface area is 211 Å². The van der Waals surface area contributed by atoms with Crippen molar-refractivity contribution in [1.29, 1.82) is 0 Å². The zero-order valence-corrected chi connectivity index (χ0v) is 19.9. The molecule has 7 aromatic rings. The van der Waals surface area contributed by atoms with E-state index in [4.69, 9.17) is 0 Å². The lowest BCUT2D eigenvalue weighted by molar-refractivity contribution is 1.61. The smallest absolute Gasteiger partial charge is 0.00141 e. The van der Waals surface area contributed by atoms with E-state index in [2.05, 4.69) is 146 Å². The predicted molar refractivity (Wildman–Crippen MR) is 155 cm³/mol. The topological polar surface area (TPSA) is 0 Å². The van der Waals surface area contributed by atoms with E-state index in [1.807, 2.05) is 0 Å². The highest BCUT2D eigenvalue weighted by Gasteiger charge is 2.18. The lowest BCUT2D eigenvalue weighted by Crippen LogP contribution is -1.92. The molecule has 0 aliphatic rings. The van der Waals surface area contributed by atoms with Crippen molar-refractivity contribution in [3.05, 3.63) is 146 Å². The Bertz CT molecular complexity index is 1840. The largest absolute Gasteiger partial charge is 0.0622 e. The fraction of sp³-hybridized carbons (Fsp3) is 0. The van der Waals surface area contributed by atoms with E-state index in [1.54, 1.807) is 0 Å². The zero-order valence-electron chi connectivity index (χ0n) is 19.9. The summed E-state index contributed by atoms with van der Waals surface area (Å²) in [5, 5.41) is 7.74. The molecule has 36 heavy (non-hydrogen) atoms. The number of hydrogen-bond acceptors (Lipinski definition) is 0. The van der Waals surface area contributed by atoms with Crippen LogP contribution in [0.5, 0.6) is 0 Å². The molecule has 7 aromatic carbocycles. The van der Waals surface area contributed by atoms with E-state index < -0.39 is 0 Å². The third-order valence-electron chi connectivity index (χ3n) is 7.26. The van der Waals surface area contributed by atoms with Gasteiger partial charge in [-0.25, -0.2) is 0 Å². The first-order valence-corrected chi connectivity index (χ1v) is 12.5. The van der Waals surface area contributed by atoms with Crippen LogP contribution in [0.2, 0.25) is 0 Å². The van der Waals surface area contributed by atoms with Crippen LogP contribution in [0.3, 0.4) is 0 Å². The number of hydrogen-bond donors (Lipinski definition) is 0. The Kier molecular flexibility index (Phi) is 4.89. The molecule has 0 unspecified atom stereocenters. The molecule has 0 heteroatoms. The van der Waals surface area contributed by atoms with Crippen LogP contribution in [0.4, 0.5) is 0 Å². The van der Waals surface area contributed by atoms with E-state index in [-0.39, 0.29) is 0 Å². The van der Waals surface area contributed by atoms with E-state index in [1.165, 1.54) is 65.7 Å². The fourth-order valence-electron chi connectivity index (χ4n) is 5.62. The standard InChI is InChI=1S/C36H24/c1-3-11-25(12-4-1)26-19-21-29(22-20-26)35-32-18-10-9-17-31(32)34(28-14-5-2-6-15-28)33-24-23-27-13-7-8-16-30(27)36(33)35/h1-24H. The summed E-state index contributed by atoms with van der Waals surface area (Å²) in [7, 11) is 0. The van der Waals surface area contributed by atoms with Gasteiger partial charge in [0.05, 0.1) is 0 Å². The number of fused-ring (bicyclic) bond motifs is 4. The highest BCUT2D eigenvalue weighted by atomic mass is 14.2. The minimum atomic E-state index is 1.23. The Morgan fingerprint density at radius 2 is 0.722 bits per heavy atom. The molecule has 0 aromatic heterocycles. The molecule has 0 bridgehead atoms. The van der Waals surface area contributed by atoms with Crippen molar-refractivity contribution < 1.29 is 0 Å². The minimum absolute atomic E-state index is 1.23. The Morgan fingerprint density at radius 3 is 1.42 bits per heavy atom. The molecule has 7 rings (SSSR count). The maximum Gasteiger partial charge on any atom is -0.00141 e. The molecule has 0 aliphatic heterocycles. The molecule has 0 nitrogen and oxygen atoms in total. The van der Waals surface area contributed by atoms with E-state index in [0.717, 1.165) is 0 Å². The minimum Gasteiger partial charge on any atom is -0.0622 e. The zero-order chi connectivity index (χ0) is 23.9. The quantitative estimate of drug-likeness (QED) is 0.183. The van der Waals surface area contributed by atoms with Crippen LogP contribution in [0, 0.1) is 0 Å². The summed E-state index contributed by atoms with van der Waals surface area (Å²) in [4.78, 5) is 0. The molecule has 0 radical (unpaired) electrons. The fourth-order valence-corrected chi connectivity index (χ4v) is 5.62. The average Bonchev–Trinajstić information content (AvgIpc) is 2.97. The molecule has 0 spiro atoms. The van der Waals surface area contributed by atoms with Crippen LogP contribution in [-0.4, -0.2) is 0 Å². The SMILES string of the molecule is c1ccc(-c2ccc(-c3c4ccccc4c(-c4ccccc4)c4ccc5ccccc5c34)cc2)cc1. The molecule has 0 heterocycles. The number of benzene rings is 7. The molecular formula is C36H24. The first-order valence-electron chi connectivity index (χ1n) is 12.5. The van der Waals surface area contributed by atoms with Gasteiger partial charge in [0.2, 0.25) is 0 Å². The molecule has 0 aliphatic carbocycles. The van der Waals surface area contributed by atoms with Crippen molar-refractivity contribution in [2.45, 2.75) is 0 Å².